The molecule has 1 unspecified atom stereocenters. The molecule has 1 saturated heterocycles. The van der Waals surface area contributed by atoms with Crippen LogP contribution >= 0.6 is 0 Å². The summed E-state index contributed by atoms with van der Waals surface area (Å²) in [5, 5.41) is 11.1. The minimum Gasteiger partial charge on any atom is -0.472 e. The van der Waals surface area contributed by atoms with Gasteiger partial charge in [-0.1, -0.05) is 13.0 Å². The summed E-state index contributed by atoms with van der Waals surface area (Å²) in [6.45, 7) is 7.49. The summed E-state index contributed by atoms with van der Waals surface area (Å²) in [5.74, 6) is 1.20. The van der Waals surface area contributed by atoms with Crippen LogP contribution in [0, 0.1) is 0 Å². The van der Waals surface area contributed by atoms with Crippen molar-refractivity contribution in [2.45, 2.75) is 45.8 Å². The van der Waals surface area contributed by atoms with Crippen molar-refractivity contribution in [3.05, 3.63) is 41.7 Å². The van der Waals surface area contributed by atoms with E-state index in [9.17, 15) is 4.79 Å². The van der Waals surface area contributed by atoms with Gasteiger partial charge in [0.05, 0.1) is 6.54 Å². The standard InChI is InChI=1S/C19H25N5O2/c1-4-14-5-8-18(20-11-14)26-15-9-10-24(12-15)17-7-6-16(22-23-17)19(25)21-13(2)3/h5-8,11,13,15H,4,9-10,12H2,1-3H3,(H,21,25). The fourth-order valence-corrected chi connectivity index (χ4v) is 2.84. The van der Waals surface area contributed by atoms with Gasteiger partial charge in [-0.25, -0.2) is 4.98 Å². The van der Waals surface area contributed by atoms with Crippen molar-refractivity contribution in [1.29, 1.82) is 0 Å². The molecule has 0 aromatic carbocycles. The predicted molar refractivity (Wildman–Crippen MR) is 99.5 cm³/mol. The highest BCUT2D eigenvalue weighted by atomic mass is 16.5. The zero-order valence-corrected chi connectivity index (χ0v) is 15.5. The Morgan fingerprint density at radius 1 is 1.31 bits per heavy atom. The van der Waals surface area contributed by atoms with Crippen molar-refractivity contribution in [3.63, 3.8) is 0 Å². The van der Waals surface area contributed by atoms with Crippen molar-refractivity contribution in [2.24, 2.45) is 0 Å². The first-order valence-electron chi connectivity index (χ1n) is 9.06. The van der Waals surface area contributed by atoms with E-state index in [1.165, 1.54) is 5.56 Å². The molecule has 3 heterocycles. The summed E-state index contributed by atoms with van der Waals surface area (Å²) in [6.07, 6.45) is 3.79. The van der Waals surface area contributed by atoms with E-state index < -0.39 is 0 Å². The lowest BCUT2D eigenvalue weighted by atomic mass is 10.2. The molecule has 1 aliphatic rings. The van der Waals surface area contributed by atoms with Crippen LogP contribution in [0.3, 0.4) is 0 Å². The van der Waals surface area contributed by atoms with Gasteiger partial charge in [0.25, 0.3) is 5.91 Å². The third kappa shape index (κ3) is 4.47. The highest BCUT2D eigenvalue weighted by molar-refractivity contribution is 5.92. The molecule has 0 bridgehead atoms. The van der Waals surface area contributed by atoms with Crippen LogP contribution in [0.25, 0.3) is 0 Å². The fraction of sp³-hybridized carbons (Fsp3) is 0.474. The molecular formula is C19H25N5O2. The van der Waals surface area contributed by atoms with Crippen LogP contribution in [-0.4, -0.2) is 46.3 Å². The van der Waals surface area contributed by atoms with Crippen LogP contribution in [0.4, 0.5) is 5.82 Å². The number of amides is 1. The third-order valence-electron chi connectivity index (χ3n) is 4.27. The Morgan fingerprint density at radius 3 is 2.77 bits per heavy atom. The van der Waals surface area contributed by atoms with Crippen molar-refractivity contribution >= 4 is 11.7 Å². The Balaban J connectivity index is 1.57. The number of hydrogen-bond acceptors (Lipinski definition) is 6. The second kappa shape index (κ2) is 8.12. The second-order valence-corrected chi connectivity index (χ2v) is 6.74. The molecule has 1 atom stereocenters. The van der Waals surface area contributed by atoms with E-state index >= 15 is 0 Å². The van der Waals surface area contributed by atoms with Gasteiger partial charge in [-0.05, 0) is 38.0 Å². The van der Waals surface area contributed by atoms with Gasteiger partial charge in [0.2, 0.25) is 5.88 Å². The van der Waals surface area contributed by atoms with Gasteiger partial charge >= 0.3 is 0 Å². The fourth-order valence-electron chi connectivity index (χ4n) is 2.84. The number of carbonyl (C=O) groups is 1. The largest absolute Gasteiger partial charge is 0.472 e. The van der Waals surface area contributed by atoms with Gasteiger partial charge in [-0.15, -0.1) is 10.2 Å². The summed E-state index contributed by atoms with van der Waals surface area (Å²) in [7, 11) is 0. The van der Waals surface area contributed by atoms with Gasteiger partial charge < -0.3 is 15.0 Å². The zero-order valence-electron chi connectivity index (χ0n) is 15.5. The number of hydrogen-bond donors (Lipinski definition) is 1. The monoisotopic (exact) mass is 355 g/mol. The second-order valence-electron chi connectivity index (χ2n) is 6.74. The predicted octanol–water partition coefficient (Wildman–Crippen LogP) is 2.23. The number of nitrogens with one attached hydrogen (secondary N) is 1. The number of nitrogens with zero attached hydrogens (tertiary/aromatic N) is 4. The highest BCUT2D eigenvalue weighted by Crippen LogP contribution is 2.21. The van der Waals surface area contributed by atoms with E-state index in [2.05, 4.69) is 32.3 Å². The Hall–Kier alpha value is -2.70. The average molecular weight is 355 g/mol. The zero-order chi connectivity index (χ0) is 18.5. The lowest BCUT2D eigenvalue weighted by molar-refractivity contribution is 0.0937. The first kappa shape index (κ1) is 18.1. The summed E-state index contributed by atoms with van der Waals surface area (Å²) >= 11 is 0. The number of anilines is 1. The van der Waals surface area contributed by atoms with Gasteiger partial charge in [-0.2, -0.15) is 0 Å². The van der Waals surface area contributed by atoms with Gasteiger partial charge in [0.1, 0.15) is 6.10 Å². The summed E-state index contributed by atoms with van der Waals surface area (Å²) < 4.78 is 5.97. The molecule has 0 aliphatic carbocycles. The van der Waals surface area contributed by atoms with Crippen molar-refractivity contribution in [2.75, 3.05) is 18.0 Å². The van der Waals surface area contributed by atoms with E-state index in [1.54, 1.807) is 6.07 Å². The Bertz CT molecular complexity index is 731. The van der Waals surface area contributed by atoms with Gasteiger partial charge in [0.15, 0.2) is 11.5 Å². The number of rotatable bonds is 6. The molecule has 138 valence electrons. The van der Waals surface area contributed by atoms with Crippen LogP contribution < -0.4 is 15.0 Å². The third-order valence-corrected chi connectivity index (χ3v) is 4.27. The molecule has 3 rings (SSSR count). The number of ether oxygens (including phenoxy) is 1. The van der Waals surface area contributed by atoms with Crippen LogP contribution in [0.1, 0.15) is 43.2 Å². The quantitative estimate of drug-likeness (QED) is 0.856. The number of aromatic nitrogens is 3. The molecule has 0 spiro atoms. The van der Waals surface area contributed by atoms with Crippen molar-refractivity contribution < 1.29 is 9.53 Å². The lowest BCUT2D eigenvalue weighted by Crippen LogP contribution is -2.31. The molecule has 2 aromatic rings. The maximum Gasteiger partial charge on any atom is 0.271 e. The first-order chi connectivity index (χ1) is 12.5. The summed E-state index contributed by atoms with van der Waals surface area (Å²) in [5.41, 5.74) is 1.52. The molecule has 1 N–H and O–H groups in total. The number of pyridine rings is 1. The SMILES string of the molecule is CCc1ccc(OC2CCN(c3ccc(C(=O)NC(C)C)nn3)C2)nc1. The minimum absolute atomic E-state index is 0.0699. The Morgan fingerprint density at radius 2 is 2.15 bits per heavy atom. The van der Waals surface area contributed by atoms with E-state index in [0.29, 0.717) is 11.6 Å². The maximum atomic E-state index is 11.9. The minimum atomic E-state index is -0.205. The molecule has 1 aliphatic heterocycles. The van der Waals surface area contributed by atoms with Crippen LogP contribution in [-0.2, 0) is 6.42 Å². The molecule has 0 saturated carbocycles. The lowest BCUT2D eigenvalue weighted by Gasteiger charge is -2.17. The summed E-state index contributed by atoms with van der Waals surface area (Å²) in [4.78, 5) is 18.4. The average Bonchev–Trinajstić information content (AvgIpc) is 3.10. The van der Waals surface area contributed by atoms with Crippen LogP contribution in [0.15, 0.2) is 30.5 Å². The van der Waals surface area contributed by atoms with Crippen LogP contribution in [0.5, 0.6) is 5.88 Å². The van der Waals surface area contributed by atoms with Crippen molar-refractivity contribution in [1.82, 2.24) is 20.5 Å². The molecular weight excluding hydrogens is 330 g/mol. The van der Waals surface area contributed by atoms with Gasteiger partial charge in [-0.3, -0.25) is 4.79 Å². The van der Waals surface area contributed by atoms with E-state index in [-0.39, 0.29) is 18.1 Å². The van der Waals surface area contributed by atoms with Crippen molar-refractivity contribution in [3.8, 4) is 5.88 Å². The Labute approximate surface area is 153 Å². The number of aryl methyl sites for hydroxylation is 1. The molecule has 7 nitrogen and oxygen atoms in total. The smallest absolute Gasteiger partial charge is 0.271 e. The van der Waals surface area contributed by atoms with Gasteiger partial charge in [0, 0.05) is 31.3 Å². The number of carbonyl (C=O) groups excluding carboxylic acids is 1. The maximum absolute atomic E-state index is 11.9. The first-order valence-corrected chi connectivity index (χ1v) is 9.06. The van der Waals surface area contributed by atoms with Crippen LogP contribution in [0.2, 0.25) is 0 Å². The molecule has 0 radical (unpaired) electrons. The highest BCUT2D eigenvalue weighted by Gasteiger charge is 2.26. The normalized spacial score (nSPS) is 16.8. The summed E-state index contributed by atoms with van der Waals surface area (Å²) in [6, 6.07) is 7.57. The Kier molecular flexibility index (Phi) is 5.65. The molecule has 26 heavy (non-hydrogen) atoms. The molecule has 1 amide bonds. The molecule has 1 fully saturated rings. The van der Waals surface area contributed by atoms with E-state index in [0.717, 1.165) is 31.7 Å². The van der Waals surface area contributed by atoms with E-state index in [4.69, 9.17) is 4.74 Å². The molecule has 7 heteroatoms. The topological polar surface area (TPSA) is 80.2 Å². The van der Waals surface area contributed by atoms with E-state index in [1.807, 2.05) is 38.2 Å². The molecule has 2 aromatic heterocycles.